The van der Waals surface area contributed by atoms with Gasteiger partial charge in [-0.2, -0.15) is 0 Å². The third-order valence-corrected chi connectivity index (χ3v) is 3.34. The highest BCUT2D eigenvalue weighted by molar-refractivity contribution is 5.76. The molecule has 5 heteroatoms. The van der Waals surface area contributed by atoms with Gasteiger partial charge in [0, 0.05) is 24.7 Å². The van der Waals surface area contributed by atoms with Gasteiger partial charge in [0.05, 0.1) is 5.69 Å². The monoisotopic (exact) mass is 234 g/mol. The van der Waals surface area contributed by atoms with Crippen LogP contribution < -0.4 is 11.1 Å². The maximum atomic E-state index is 11.0. The highest BCUT2D eigenvalue weighted by atomic mass is 16.1. The molecule has 5 nitrogen and oxygen atoms in total. The Hall–Kier alpha value is -1.49. The third kappa shape index (κ3) is 3.49. The fourth-order valence-electron chi connectivity index (χ4n) is 2.25. The van der Waals surface area contributed by atoms with Crippen molar-refractivity contribution in [2.75, 3.05) is 0 Å². The molecule has 1 amide bonds. The van der Waals surface area contributed by atoms with E-state index in [0.29, 0.717) is 6.04 Å². The average molecular weight is 234 g/mol. The molecule has 0 radical (unpaired) electrons. The molecule has 1 aromatic heterocycles. The molecule has 2 rings (SSSR count). The van der Waals surface area contributed by atoms with E-state index >= 15 is 0 Å². The summed E-state index contributed by atoms with van der Waals surface area (Å²) in [6.07, 6.45) is 7.12. The number of nitrogens with one attached hydrogen (secondary N) is 1. The summed E-state index contributed by atoms with van der Waals surface area (Å²) >= 11 is 0. The fraction of sp³-hybridized carbons (Fsp3) is 0.583. The molecule has 0 atom stereocenters. The van der Waals surface area contributed by atoms with Gasteiger partial charge in [0.15, 0.2) is 0 Å². The standard InChI is InChI=1S/C12H18N4O/c13-12(17)9-1-3-10(4-2-9)15-7-11-5-6-14-8-16-11/h5-6,8-10,15H,1-4,7H2,(H2,13,17). The van der Waals surface area contributed by atoms with E-state index in [0.717, 1.165) is 37.9 Å². The Labute approximate surface area is 101 Å². The lowest BCUT2D eigenvalue weighted by Crippen LogP contribution is -2.36. The van der Waals surface area contributed by atoms with Gasteiger partial charge in [0.2, 0.25) is 5.91 Å². The Balaban J connectivity index is 1.74. The molecule has 1 heterocycles. The van der Waals surface area contributed by atoms with Crippen LogP contribution in [0.15, 0.2) is 18.6 Å². The van der Waals surface area contributed by atoms with Crippen LogP contribution >= 0.6 is 0 Å². The Morgan fingerprint density at radius 1 is 1.41 bits per heavy atom. The zero-order valence-corrected chi connectivity index (χ0v) is 9.80. The Bertz CT molecular complexity index is 360. The molecule has 1 aliphatic carbocycles. The van der Waals surface area contributed by atoms with Gasteiger partial charge in [-0.1, -0.05) is 0 Å². The van der Waals surface area contributed by atoms with Crippen LogP contribution in [0.2, 0.25) is 0 Å². The minimum absolute atomic E-state index is 0.0760. The van der Waals surface area contributed by atoms with Gasteiger partial charge >= 0.3 is 0 Å². The van der Waals surface area contributed by atoms with E-state index < -0.39 is 0 Å². The summed E-state index contributed by atoms with van der Waals surface area (Å²) in [7, 11) is 0. The summed E-state index contributed by atoms with van der Waals surface area (Å²) in [5.74, 6) is -0.0775. The molecular weight excluding hydrogens is 216 g/mol. The number of hydrogen-bond donors (Lipinski definition) is 2. The van der Waals surface area contributed by atoms with Crippen molar-refractivity contribution in [2.24, 2.45) is 11.7 Å². The number of rotatable bonds is 4. The predicted octanol–water partition coefficient (Wildman–Crippen LogP) is 0.610. The van der Waals surface area contributed by atoms with Crippen molar-refractivity contribution in [1.82, 2.24) is 15.3 Å². The lowest BCUT2D eigenvalue weighted by atomic mass is 9.85. The van der Waals surface area contributed by atoms with Gasteiger partial charge in [-0.05, 0) is 31.7 Å². The van der Waals surface area contributed by atoms with E-state index in [1.807, 2.05) is 6.07 Å². The number of amides is 1. The van der Waals surface area contributed by atoms with Crippen LogP contribution in [-0.4, -0.2) is 21.9 Å². The molecule has 0 aromatic carbocycles. The van der Waals surface area contributed by atoms with Crippen molar-refractivity contribution < 1.29 is 4.79 Å². The van der Waals surface area contributed by atoms with Crippen molar-refractivity contribution in [2.45, 2.75) is 38.3 Å². The van der Waals surface area contributed by atoms with Crippen LogP contribution in [0.1, 0.15) is 31.4 Å². The van der Waals surface area contributed by atoms with Gasteiger partial charge in [0.25, 0.3) is 0 Å². The molecular formula is C12H18N4O. The summed E-state index contributed by atoms with van der Waals surface area (Å²) in [5, 5.41) is 3.45. The first-order valence-electron chi connectivity index (χ1n) is 6.03. The highest BCUT2D eigenvalue weighted by Crippen LogP contribution is 2.23. The minimum atomic E-state index is -0.153. The molecule has 1 aromatic rings. The normalized spacial score (nSPS) is 24.5. The van der Waals surface area contributed by atoms with Crippen LogP contribution in [0, 0.1) is 5.92 Å². The summed E-state index contributed by atoms with van der Waals surface area (Å²) in [5.41, 5.74) is 6.30. The number of hydrogen-bond acceptors (Lipinski definition) is 4. The van der Waals surface area contributed by atoms with Crippen molar-refractivity contribution in [1.29, 1.82) is 0 Å². The topological polar surface area (TPSA) is 80.9 Å². The third-order valence-electron chi connectivity index (χ3n) is 3.34. The van der Waals surface area contributed by atoms with Crippen molar-refractivity contribution >= 4 is 5.91 Å². The van der Waals surface area contributed by atoms with E-state index in [2.05, 4.69) is 15.3 Å². The Kier molecular flexibility index (Phi) is 4.03. The van der Waals surface area contributed by atoms with Crippen molar-refractivity contribution in [3.05, 3.63) is 24.3 Å². The minimum Gasteiger partial charge on any atom is -0.369 e. The van der Waals surface area contributed by atoms with Gasteiger partial charge < -0.3 is 11.1 Å². The first-order valence-corrected chi connectivity index (χ1v) is 6.03. The van der Waals surface area contributed by atoms with Crippen LogP contribution in [0.4, 0.5) is 0 Å². The van der Waals surface area contributed by atoms with Crippen LogP contribution in [0.5, 0.6) is 0 Å². The molecule has 0 bridgehead atoms. The highest BCUT2D eigenvalue weighted by Gasteiger charge is 2.24. The predicted molar refractivity (Wildman–Crippen MR) is 63.8 cm³/mol. The maximum Gasteiger partial charge on any atom is 0.220 e. The zero-order chi connectivity index (χ0) is 12.1. The van der Waals surface area contributed by atoms with Gasteiger partial charge in [-0.25, -0.2) is 9.97 Å². The van der Waals surface area contributed by atoms with Crippen LogP contribution in [-0.2, 0) is 11.3 Å². The summed E-state index contributed by atoms with van der Waals surface area (Å²) in [6, 6.07) is 2.38. The second-order valence-corrected chi connectivity index (χ2v) is 4.53. The Morgan fingerprint density at radius 2 is 2.18 bits per heavy atom. The number of carbonyl (C=O) groups excluding carboxylic acids is 1. The first-order chi connectivity index (χ1) is 8.25. The Morgan fingerprint density at radius 3 is 2.76 bits per heavy atom. The molecule has 92 valence electrons. The lowest BCUT2D eigenvalue weighted by molar-refractivity contribution is -0.122. The van der Waals surface area contributed by atoms with Crippen LogP contribution in [0.3, 0.4) is 0 Å². The molecule has 1 fully saturated rings. The van der Waals surface area contributed by atoms with E-state index in [1.54, 1.807) is 12.5 Å². The molecule has 1 aliphatic rings. The lowest BCUT2D eigenvalue weighted by Gasteiger charge is -2.27. The van der Waals surface area contributed by atoms with E-state index in [1.165, 1.54) is 0 Å². The number of carbonyl (C=O) groups is 1. The quantitative estimate of drug-likeness (QED) is 0.799. The van der Waals surface area contributed by atoms with E-state index in [-0.39, 0.29) is 11.8 Å². The smallest absolute Gasteiger partial charge is 0.220 e. The molecule has 0 unspecified atom stereocenters. The van der Waals surface area contributed by atoms with E-state index in [9.17, 15) is 4.79 Å². The SMILES string of the molecule is NC(=O)C1CCC(NCc2ccncn2)CC1. The fourth-order valence-corrected chi connectivity index (χ4v) is 2.25. The van der Waals surface area contributed by atoms with E-state index in [4.69, 9.17) is 5.73 Å². The number of nitrogens with zero attached hydrogens (tertiary/aromatic N) is 2. The van der Waals surface area contributed by atoms with Crippen molar-refractivity contribution in [3.8, 4) is 0 Å². The van der Waals surface area contributed by atoms with Crippen LogP contribution in [0.25, 0.3) is 0 Å². The van der Waals surface area contributed by atoms with Gasteiger partial charge in [-0.3, -0.25) is 4.79 Å². The molecule has 0 aliphatic heterocycles. The van der Waals surface area contributed by atoms with Gasteiger partial charge in [0.1, 0.15) is 6.33 Å². The molecule has 3 N–H and O–H groups in total. The number of nitrogens with two attached hydrogens (primary N) is 1. The number of primary amides is 1. The zero-order valence-electron chi connectivity index (χ0n) is 9.80. The van der Waals surface area contributed by atoms with Gasteiger partial charge in [-0.15, -0.1) is 0 Å². The average Bonchev–Trinajstić information content (AvgIpc) is 2.38. The molecule has 17 heavy (non-hydrogen) atoms. The molecule has 1 saturated carbocycles. The first kappa shape index (κ1) is 12.0. The molecule has 0 saturated heterocycles. The molecule has 0 spiro atoms. The van der Waals surface area contributed by atoms with Crippen molar-refractivity contribution in [3.63, 3.8) is 0 Å². The number of aromatic nitrogens is 2. The summed E-state index contributed by atoms with van der Waals surface area (Å²) in [6.45, 7) is 0.758. The second kappa shape index (κ2) is 5.72. The second-order valence-electron chi connectivity index (χ2n) is 4.53. The largest absolute Gasteiger partial charge is 0.369 e. The summed E-state index contributed by atoms with van der Waals surface area (Å²) in [4.78, 5) is 19.1. The maximum absolute atomic E-state index is 11.0. The summed E-state index contributed by atoms with van der Waals surface area (Å²) < 4.78 is 0.